The Bertz CT molecular complexity index is 3140. The number of amides is 3. The fourth-order valence-electron chi connectivity index (χ4n) is 15.2. The molecule has 52 heteroatoms. The van der Waals surface area contributed by atoms with Crippen LogP contribution >= 0.6 is 0 Å². The zero-order valence-corrected chi connectivity index (χ0v) is 63.6. The van der Waals surface area contributed by atoms with Gasteiger partial charge in [0.25, 0.3) is 0 Å². The summed E-state index contributed by atoms with van der Waals surface area (Å²) in [5.74, 6) is -2.81. The van der Waals surface area contributed by atoms with Gasteiger partial charge in [0.15, 0.2) is 62.9 Å². The number of aliphatic hydroxyl groups is 27. The average Bonchev–Trinajstić information content (AvgIpc) is 0.762. The van der Waals surface area contributed by atoms with E-state index in [9.17, 15) is 152 Å². The lowest BCUT2D eigenvalue weighted by Gasteiger charge is -2.51. The van der Waals surface area contributed by atoms with Crippen molar-refractivity contribution in [3.05, 3.63) is 0 Å². The Kier molecular flexibility index (Phi) is 34.3. The average molecular weight is 1730 g/mol. The van der Waals surface area contributed by atoms with Crippen molar-refractivity contribution in [1.82, 2.24) is 16.0 Å². The van der Waals surface area contributed by atoms with Crippen molar-refractivity contribution < 1.29 is 242 Å². The highest BCUT2D eigenvalue weighted by atomic mass is 16.8. The number of aliphatic hydroxyl groups excluding tert-OH is 27. The van der Waals surface area contributed by atoms with Crippen molar-refractivity contribution in [2.45, 2.75) is 341 Å². The third-order valence-electron chi connectivity index (χ3n) is 22.0. The number of hydrogen-bond acceptors (Lipinski definition) is 49. The molecule has 50 atom stereocenters. The molecule has 0 unspecified atom stereocenters. The van der Waals surface area contributed by atoms with Crippen LogP contribution in [0.15, 0.2) is 0 Å². The maximum atomic E-state index is 13.5. The van der Waals surface area contributed by atoms with Gasteiger partial charge >= 0.3 is 0 Å². The summed E-state index contributed by atoms with van der Waals surface area (Å²) in [6.07, 6.45) is -96.9. The standard InChI is InChI=1S/C66H111N3O49/c1-14-30(78)40(88)45(93)60(103-14)102-13-26-52(53(29(57(99)105-26)69-18(5)77)115-63-47(95)41(89)31(79)15(2)104-63)114-59-28(68-17(4)76)39(87)51(23(10-74)110-59)113-65-50(98)55(117-66-56(44(92)35(83)22(9-73)109-66)118-58-27(67-16(3)75)38(86)32(80)19(6-70)106-58)37(85)25(112-65)12-101-62-49(97)54(116-64-48(96)43(91)34(82)21(8-72)108-64)36(84)24(111-62)11-100-61-46(94)42(90)33(81)20(7-71)107-61/h14-15,19-66,70-74,78-99H,6-13H2,1-5H3,(H,67,75)(H,68,76)(H,69,77)/t14-,15-,19+,20+,21+,22+,23+,24+,25+,26+,27+,28+,29+,30+,31+,32+,33+,34+,35+,36+,37+,38+,39+,40+,41+,42-,43-,44-,45-,46-,47-,48-,49-,50-,51+,52+,53+,54-,55-,56-,57+,58-,59-,60+,61-,62-,63-,64+,65-,66+/m0/s1. The number of rotatable bonds is 29. The van der Waals surface area contributed by atoms with Gasteiger partial charge in [-0.1, -0.05) is 0 Å². The van der Waals surface area contributed by atoms with E-state index in [4.69, 9.17) is 90.0 Å². The molecular formula is C66H111N3O49. The predicted octanol–water partition coefficient (Wildman–Crippen LogP) is -20.3. The highest BCUT2D eigenvalue weighted by Crippen LogP contribution is 2.40. The number of hydrogen-bond donors (Lipinski definition) is 30. The summed E-state index contributed by atoms with van der Waals surface area (Å²) in [6.45, 7) is -3.26. The van der Waals surface area contributed by atoms with Crippen LogP contribution in [0.2, 0.25) is 0 Å². The van der Waals surface area contributed by atoms with E-state index in [1.807, 2.05) is 0 Å². The molecule has 52 nitrogen and oxygen atoms in total. The molecule has 3 amide bonds. The highest BCUT2D eigenvalue weighted by molar-refractivity contribution is 5.74. The summed E-state index contributed by atoms with van der Waals surface area (Å²) in [5.41, 5.74) is 0. The van der Waals surface area contributed by atoms with Gasteiger partial charge in [0.05, 0.1) is 65.1 Å². The molecule has 0 aromatic carbocycles. The van der Waals surface area contributed by atoms with E-state index in [0.29, 0.717) is 0 Å². The third-order valence-corrected chi connectivity index (χ3v) is 22.0. The molecule has 10 rings (SSSR count). The molecule has 0 spiro atoms. The smallest absolute Gasteiger partial charge is 0.217 e. The summed E-state index contributed by atoms with van der Waals surface area (Å²) >= 11 is 0. The monoisotopic (exact) mass is 1730 g/mol. The van der Waals surface area contributed by atoms with Crippen molar-refractivity contribution in [2.24, 2.45) is 0 Å². The van der Waals surface area contributed by atoms with Crippen LogP contribution in [0.3, 0.4) is 0 Å². The van der Waals surface area contributed by atoms with Crippen LogP contribution in [0.1, 0.15) is 34.6 Å². The van der Waals surface area contributed by atoms with Crippen molar-refractivity contribution >= 4 is 17.7 Å². The van der Waals surface area contributed by atoms with Crippen LogP contribution in [-0.4, -0.2) is 515 Å². The Labute approximate surface area is 668 Å². The van der Waals surface area contributed by atoms with E-state index in [0.717, 1.165) is 20.8 Å². The van der Waals surface area contributed by atoms with Crippen molar-refractivity contribution in [3.8, 4) is 0 Å². The number of nitrogens with one attached hydrogen (secondary N) is 3. The van der Waals surface area contributed by atoms with Gasteiger partial charge in [-0.15, -0.1) is 0 Å². The lowest BCUT2D eigenvalue weighted by molar-refractivity contribution is -0.397. The molecule has 10 fully saturated rings. The fraction of sp³-hybridized carbons (Fsp3) is 0.955. The van der Waals surface area contributed by atoms with Crippen LogP contribution in [0, 0.1) is 0 Å². The van der Waals surface area contributed by atoms with Crippen molar-refractivity contribution in [1.29, 1.82) is 0 Å². The lowest BCUT2D eigenvalue weighted by atomic mass is 9.93. The molecule has 10 aliphatic rings. The maximum absolute atomic E-state index is 13.5. The Hall–Kier alpha value is -3.43. The summed E-state index contributed by atoms with van der Waals surface area (Å²) < 4.78 is 113. The molecule has 684 valence electrons. The van der Waals surface area contributed by atoms with E-state index in [1.54, 1.807) is 0 Å². The first-order valence-electron chi connectivity index (χ1n) is 37.9. The molecule has 0 aromatic heterocycles. The maximum Gasteiger partial charge on any atom is 0.217 e. The third kappa shape index (κ3) is 21.1. The van der Waals surface area contributed by atoms with Gasteiger partial charge in [-0.05, 0) is 13.8 Å². The summed E-state index contributed by atoms with van der Waals surface area (Å²) in [5, 5.41) is 307. The molecule has 0 bridgehead atoms. The summed E-state index contributed by atoms with van der Waals surface area (Å²) in [4.78, 5) is 39.0. The molecule has 118 heavy (non-hydrogen) atoms. The molecule has 10 saturated heterocycles. The second-order valence-corrected chi connectivity index (χ2v) is 30.3. The van der Waals surface area contributed by atoms with Gasteiger partial charge in [-0.2, -0.15) is 0 Å². The van der Waals surface area contributed by atoms with Crippen LogP contribution < -0.4 is 16.0 Å². The zero-order chi connectivity index (χ0) is 86.8. The first-order chi connectivity index (χ1) is 55.7. The number of carbonyl (C=O) groups excluding carboxylic acids is 3. The molecule has 0 aliphatic carbocycles. The Morgan fingerprint density at radius 2 is 0.534 bits per heavy atom. The first-order valence-corrected chi connectivity index (χ1v) is 37.9. The van der Waals surface area contributed by atoms with Crippen LogP contribution in [-0.2, 0) is 104 Å². The van der Waals surface area contributed by atoms with E-state index in [1.165, 1.54) is 13.8 Å². The SMILES string of the molecule is CC(=O)N[C@@H]1[C@@H](O[C@@H]2O[C@@H](C)[C@@H](O)[C@@H](O)[C@@H]2O)[C@H](O[C@@H]2O[C@H](CO)[C@@H](O[C@@H]3O[C@H](CO[C@H]4O[C@H](CO[C@H]5O[C@H](CO)[C@@H](O)[C@H](O)[C@@H]5O)[C@@H](O)[C@H](O[C@H]5O[C@H](CO)[C@@H](O)[C@H](O)[C@@H]5O)[C@@H]4O)[C@@H](O)[C@H](O[C@H]4O[C@H](CO)[C@@H](O)[C@H](O)[C@@H]4O[C@@H]4O[C@H](CO)[C@@H](O)[C@H](O)[C@H]4NC(C)=O)[C@@H]3O)[C@H](O)[C@H]2NC(C)=O)[C@@H](CO[C@@H]2O[C@@H](C)[C@@H](O)[C@@H](O)[C@@H]2O)O[C@H]1O. The number of carbonyl (C=O) groups is 3. The largest absolute Gasteiger partial charge is 0.394 e. The van der Waals surface area contributed by atoms with E-state index in [2.05, 4.69) is 16.0 Å². The zero-order valence-electron chi connectivity index (χ0n) is 63.6. The molecule has 0 saturated carbocycles. The van der Waals surface area contributed by atoms with E-state index >= 15 is 0 Å². The van der Waals surface area contributed by atoms with E-state index < -0.39 is 377 Å². The van der Waals surface area contributed by atoms with Gasteiger partial charge < -0.3 is 244 Å². The van der Waals surface area contributed by atoms with Crippen molar-refractivity contribution in [3.63, 3.8) is 0 Å². The Balaban J connectivity index is 1.01. The van der Waals surface area contributed by atoms with Crippen LogP contribution in [0.25, 0.3) is 0 Å². The first kappa shape index (κ1) is 96.8. The predicted molar refractivity (Wildman–Crippen MR) is 362 cm³/mol. The normalized spacial score (nSPS) is 51.1. The minimum absolute atomic E-state index is 0.888. The number of ether oxygens (including phenoxy) is 19. The molecular weight excluding hydrogens is 1620 g/mol. The Morgan fingerprint density at radius 1 is 0.237 bits per heavy atom. The summed E-state index contributed by atoms with van der Waals surface area (Å²) in [6, 6.07) is -5.76. The van der Waals surface area contributed by atoms with Gasteiger partial charge in [-0.3, -0.25) is 14.4 Å². The summed E-state index contributed by atoms with van der Waals surface area (Å²) in [7, 11) is 0. The minimum atomic E-state index is -2.61. The lowest BCUT2D eigenvalue weighted by Crippen LogP contribution is -2.71. The van der Waals surface area contributed by atoms with Gasteiger partial charge in [0, 0.05) is 20.8 Å². The topological polar surface area (TPSA) is 809 Å². The quantitative estimate of drug-likeness (QED) is 0.0331. The molecule has 10 heterocycles. The van der Waals surface area contributed by atoms with Gasteiger partial charge in [0.1, 0.15) is 232 Å². The molecule has 0 aromatic rings. The fourth-order valence-corrected chi connectivity index (χ4v) is 15.2. The Morgan fingerprint density at radius 3 is 1.02 bits per heavy atom. The second-order valence-electron chi connectivity index (χ2n) is 30.3. The molecule has 30 N–H and O–H groups in total. The van der Waals surface area contributed by atoms with E-state index in [-0.39, 0.29) is 0 Å². The van der Waals surface area contributed by atoms with Crippen LogP contribution in [0.5, 0.6) is 0 Å². The van der Waals surface area contributed by atoms with Gasteiger partial charge in [-0.25, -0.2) is 0 Å². The van der Waals surface area contributed by atoms with Crippen LogP contribution in [0.4, 0.5) is 0 Å². The highest BCUT2D eigenvalue weighted by Gasteiger charge is 2.61. The molecule has 10 aliphatic heterocycles. The van der Waals surface area contributed by atoms with Crippen molar-refractivity contribution in [2.75, 3.05) is 52.9 Å². The van der Waals surface area contributed by atoms with Gasteiger partial charge in [0.2, 0.25) is 17.7 Å². The molecule has 0 radical (unpaired) electrons. The second kappa shape index (κ2) is 41.8. The minimum Gasteiger partial charge on any atom is -0.394 e.